The average Bonchev–Trinajstić information content (AvgIpc) is 3.10. The van der Waals surface area contributed by atoms with E-state index in [1.807, 2.05) is 12.3 Å². The van der Waals surface area contributed by atoms with Crippen LogP contribution in [0.1, 0.15) is 22.3 Å². The molecule has 2 heterocycles. The van der Waals surface area contributed by atoms with Crippen molar-refractivity contribution in [3.05, 3.63) is 70.8 Å². The lowest BCUT2D eigenvalue weighted by Crippen LogP contribution is -2.13. The molecule has 134 valence electrons. The minimum Gasteiger partial charge on any atom is -0.467 e. The van der Waals surface area contributed by atoms with E-state index in [1.54, 1.807) is 18.0 Å². The van der Waals surface area contributed by atoms with Crippen LogP contribution < -0.4 is 4.74 Å². The quantitative estimate of drug-likeness (QED) is 0.619. The van der Waals surface area contributed by atoms with E-state index in [4.69, 9.17) is 9.47 Å². The van der Waals surface area contributed by atoms with Crippen molar-refractivity contribution < 1.29 is 13.9 Å². The fourth-order valence-corrected chi connectivity index (χ4v) is 4.02. The molecule has 2 aromatic carbocycles. The molecular weight excluding hydrogens is 351 g/mol. The van der Waals surface area contributed by atoms with E-state index < -0.39 is 0 Å². The molecule has 4 rings (SSSR count). The Bertz CT molecular complexity index is 955. The van der Waals surface area contributed by atoms with Crippen LogP contribution in [0.4, 0.5) is 4.39 Å². The van der Waals surface area contributed by atoms with Crippen LogP contribution in [-0.4, -0.2) is 16.3 Å². The number of fused-ring (bicyclic) bond motifs is 1. The first-order chi connectivity index (χ1) is 12.6. The zero-order valence-corrected chi connectivity index (χ0v) is 15.5. The van der Waals surface area contributed by atoms with Crippen LogP contribution in [-0.2, 0) is 17.1 Å². The molecule has 0 atom stereocenters. The van der Waals surface area contributed by atoms with Gasteiger partial charge < -0.3 is 9.47 Å². The maximum absolute atomic E-state index is 13.9. The number of benzene rings is 2. The Morgan fingerprint density at radius 1 is 1.27 bits per heavy atom. The molecule has 3 aromatic rings. The van der Waals surface area contributed by atoms with Gasteiger partial charge in [-0.25, -0.2) is 9.37 Å². The van der Waals surface area contributed by atoms with Crippen LogP contribution in [0.2, 0.25) is 0 Å². The van der Waals surface area contributed by atoms with Crippen molar-refractivity contribution in [1.29, 1.82) is 0 Å². The first-order valence-electron chi connectivity index (χ1n) is 8.38. The number of aryl methyl sites for hydroxylation is 1. The van der Waals surface area contributed by atoms with Gasteiger partial charge in [0.15, 0.2) is 11.9 Å². The molecule has 1 aliphatic rings. The summed E-state index contributed by atoms with van der Waals surface area (Å²) in [6.45, 7) is 4.78. The number of rotatable bonds is 4. The van der Waals surface area contributed by atoms with Gasteiger partial charge in [-0.2, -0.15) is 0 Å². The van der Waals surface area contributed by atoms with Crippen molar-refractivity contribution in [2.24, 2.45) is 0 Å². The van der Waals surface area contributed by atoms with Crippen LogP contribution in [0.5, 0.6) is 5.75 Å². The zero-order valence-electron chi connectivity index (χ0n) is 14.7. The molecule has 0 saturated carbocycles. The van der Waals surface area contributed by atoms with Crippen molar-refractivity contribution >= 4 is 11.8 Å². The van der Waals surface area contributed by atoms with Crippen molar-refractivity contribution in [2.75, 3.05) is 6.79 Å². The van der Waals surface area contributed by atoms with E-state index in [2.05, 4.69) is 35.5 Å². The molecule has 0 N–H and O–H groups in total. The molecule has 0 spiro atoms. The lowest BCUT2D eigenvalue weighted by Gasteiger charge is -2.20. The van der Waals surface area contributed by atoms with Crippen molar-refractivity contribution in [2.45, 2.75) is 31.4 Å². The fraction of sp³-hybridized carbons (Fsp3) is 0.250. The second kappa shape index (κ2) is 7.13. The second-order valence-corrected chi connectivity index (χ2v) is 7.19. The van der Waals surface area contributed by atoms with E-state index in [9.17, 15) is 4.39 Å². The van der Waals surface area contributed by atoms with Crippen LogP contribution in [0.3, 0.4) is 0 Å². The molecular formula is C20H19FN2O2S. The van der Waals surface area contributed by atoms with Crippen LogP contribution >= 0.6 is 11.8 Å². The molecule has 0 bridgehead atoms. The molecule has 6 heteroatoms. The molecule has 0 aliphatic carbocycles. The Balaban J connectivity index is 1.62. The molecule has 0 amide bonds. The van der Waals surface area contributed by atoms with Crippen molar-refractivity contribution in [3.8, 4) is 11.4 Å². The molecule has 0 fully saturated rings. The number of imidazole rings is 1. The maximum Gasteiger partial charge on any atom is 0.189 e. The summed E-state index contributed by atoms with van der Waals surface area (Å²) < 4.78 is 26.8. The van der Waals surface area contributed by atoms with E-state index in [0.29, 0.717) is 12.4 Å². The van der Waals surface area contributed by atoms with E-state index in [1.165, 1.54) is 23.3 Å². The number of halogens is 1. The summed E-state index contributed by atoms with van der Waals surface area (Å²) in [6, 6.07) is 9.23. The summed E-state index contributed by atoms with van der Waals surface area (Å²) in [6.07, 6.45) is 3.74. The normalized spacial score (nSPS) is 13.3. The van der Waals surface area contributed by atoms with Gasteiger partial charge >= 0.3 is 0 Å². The van der Waals surface area contributed by atoms with Gasteiger partial charge in [-0.1, -0.05) is 23.9 Å². The predicted molar refractivity (Wildman–Crippen MR) is 99.3 cm³/mol. The van der Waals surface area contributed by atoms with Crippen LogP contribution in [0, 0.1) is 19.7 Å². The highest BCUT2D eigenvalue weighted by Gasteiger charge is 2.18. The topological polar surface area (TPSA) is 36.3 Å². The van der Waals surface area contributed by atoms with Gasteiger partial charge in [0.2, 0.25) is 0 Å². The lowest BCUT2D eigenvalue weighted by molar-refractivity contribution is -0.0171. The monoisotopic (exact) mass is 370 g/mol. The largest absolute Gasteiger partial charge is 0.467 e. The molecule has 4 nitrogen and oxygen atoms in total. The first kappa shape index (κ1) is 17.1. The highest BCUT2D eigenvalue weighted by molar-refractivity contribution is 7.98. The summed E-state index contributed by atoms with van der Waals surface area (Å²) in [5.74, 6) is 1.03. The maximum atomic E-state index is 13.9. The Kier molecular flexibility index (Phi) is 4.70. The average molecular weight is 370 g/mol. The summed E-state index contributed by atoms with van der Waals surface area (Å²) in [5, 5.41) is 0.865. The Morgan fingerprint density at radius 2 is 2.15 bits per heavy atom. The van der Waals surface area contributed by atoms with Gasteiger partial charge in [0.25, 0.3) is 0 Å². The van der Waals surface area contributed by atoms with Crippen molar-refractivity contribution in [1.82, 2.24) is 9.55 Å². The number of nitrogens with zero attached hydrogens (tertiary/aromatic N) is 2. The molecule has 0 radical (unpaired) electrons. The third-order valence-corrected chi connectivity index (χ3v) is 5.57. The number of hydrogen-bond donors (Lipinski definition) is 0. The van der Waals surface area contributed by atoms with Gasteiger partial charge in [0, 0.05) is 29.3 Å². The van der Waals surface area contributed by atoms with Gasteiger partial charge in [0.1, 0.15) is 11.6 Å². The van der Waals surface area contributed by atoms with Gasteiger partial charge in [-0.15, -0.1) is 0 Å². The number of ether oxygens (including phenoxy) is 2. The second-order valence-electron chi connectivity index (χ2n) is 6.25. The van der Waals surface area contributed by atoms with Gasteiger partial charge in [0.05, 0.1) is 12.3 Å². The summed E-state index contributed by atoms with van der Waals surface area (Å²) in [4.78, 5) is 4.48. The van der Waals surface area contributed by atoms with E-state index in [-0.39, 0.29) is 12.6 Å². The lowest BCUT2D eigenvalue weighted by atomic mass is 10.1. The smallest absolute Gasteiger partial charge is 0.189 e. The summed E-state index contributed by atoms with van der Waals surface area (Å²) in [5.41, 5.74) is 5.14. The molecule has 1 aromatic heterocycles. The Hall–Kier alpha value is -2.31. The SMILES string of the molecule is Cc1cccc(-n2ccnc2SCc2cc(F)cc3c2OCOC3)c1C. The Labute approximate surface area is 156 Å². The minimum absolute atomic E-state index is 0.202. The van der Waals surface area contributed by atoms with Crippen LogP contribution in [0.15, 0.2) is 47.9 Å². The highest BCUT2D eigenvalue weighted by Crippen LogP contribution is 2.34. The molecule has 26 heavy (non-hydrogen) atoms. The predicted octanol–water partition coefficient (Wildman–Crippen LogP) is 4.79. The zero-order chi connectivity index (χ0) is 18.1. The van der Waals surface area contributed by atoms with Gasteiger partial charge in [-0.3, -0.25) is 4.57 Å². The highest BCUT2D eigenvalue weighted by atomic mass is 32.2. The number of aromatic nitrogens is 2. The Morgan fingerprint density at radius 3 is 3.04 bits per heavy atom. The number of hydrogen-bond acceptors (Lipinski definition) is 4. The third kappa shape index (κ3) is 3.22. The van der Waals surface area contributed by atoms with Crippen molar-refractivity contribution in [3.63, 3.8) is 0 Å². The molecule has 0 unspecified atom stereocenters. The van der Waals surface area contributed by atoms with Gasteiger partial charge in [-0.05, 0) is 43.2 Å². The third-order valence-electron chi connectivity index (χ3n) is 4.55. The van der Waals surface area contributed by atoms with E-state index in [0.717, 1.165) is 27.7 Å². The first-order valence-corrected chi connectivity index (χ1v) is 9.36. The molecule has 0 saturated heterocycles. The van der Waals surface area contributed by atoms with Crippen LogP contribution in [0.25, 0.3) is 5.69 Å². The van der Waals surface area contributed by atoms with E-state index >= 15 is 0 Å². The molecule has 1 aliphatic heterocycles. The standard InChI is InChI=1S/C20H19FN2O2S/c1-13-4-3-5-18(14(13)2)23-7-6-22-20(23)26-11-16-9-17(21)8-15-10-24-12-25-19(15)16/h3-9H,10-12H2,1-2H3. The number of thioether (sulfide) groups is 1. The summed E-state index contributed by atoms with van der Waals surface area (Å²) >= 11 is 1.56. The fourth-order valence-electron chi connectivity index (χ4n) is 3.08. The summed E-state index contributed by atoms with van der Waals surface area (Å²) in [7, 11) is 0. The minimum atomic E-state index is -0.272.